The summed E-state index contributed by atoms with van der Waals surface area (Å²) in [5, 5.41) is 2.23. The Hall–Kier alpha value is -2.33. The van der Waals surface area contributed by atoms with Crippen molar-refractivity contribution in [2.75, 3.05) is 20.5 Å². The van der Waals surface area contributed by atoms with Crippen molar-refractivity contribution in [3.8, 4) is 0 Å². The molecule has 0 N–H and O–H groups in total. The number of esters is 1. The number of cyclic esters (lactones) is 1. The van der Waals surface area contributed by atoms with Gasteiger partial charge in [0.2, 0.25) is 0 Å². The molecule has 2 heterocycles. The molecular formula is C42H64O7Si. The van der Waals surface area contributed by atoms with Gasteiger partial charge >= 0.3 is 5.97 Å². The molecule has 4 rings (SSSR count). The molecule has 0 bridgehead atoms. The predicted octanol–water partition coefficient (Wildman–Crippen LogP) is 8.19. The van der Waals surface area contributed by atoms with Gasteiger partial charge < -0.3 is 28.1 Å². The molecule has 2 aliphatic rings. The van der Waals surface area contributed by atoms with E-state index in [1.54, 1.807) is 7.11 Å². The van der Waals surface area contributed by atoms with Gasteiger partial charge in [0.1, 0.15) is 12.9 Å². The Balaban J connectivity index is 1.63. The highest BCUT2D eigenvalue weighted by atomic mass is 28.4. The van der Waals surface area contributed by atoms with E-state index in [0.717, 1.165) is 32.1 Å². The Morgan fingerprint density at radius 1 is 0.820 bits per heavy atom. The number of benzene rings is 2. The maximum absolute atomic E-state index is 14.0. The molecule has 7 atom stereocenters. The van der Waals surface area contributed by atoms with E-state index in [1.165, 1.54) is 10.4 Å². The molecule has 278 valence electrons. The first kappa shape index (κ1) is 40.4. The van der Waals surface area contributed by atoms with Gasteiger partial charge in [-0.3, -0.25) is 4.79 Å². The Morgan fingerprint density at radius 3 is 2.00 bits per heavy atom. The van der Waals surface area contributed by atoms with Crippen molar-refractivity contribution >= 4 is 24.7 Å². The zero-order chi connectivity index (χ0) is 36.4. The molecule has 0 radical (unpaired) electrons. The van der Waals surface area contributed by atoms with Gasteiger partial charge in [-0.05, 0) is 93.0 Å². The number of allylic oxidation sites excluding steroid dienone is 2. The maximum Gasteiger partial charge on any atom is 0.311 e. The SMILES string of the molecule is COCO[C@@H]1C[C@@H](C)CC[C@@H]2OC(C)(C)O[C@H]2CC/C=C/C[C@@H](C)C[C@@H](CO[Si](c2ccccc2)(c2ccccc2)C(C)(C)C)OC(=O)[C@@H]1C. The van der Waals surface area contributed by atoms with Crippen LogP contribution in [0.25, 0.3) is 0 Å². The van der Waals surface area contributed by atoms with Crippen molar-refractivity contribution in [2.24, 2.45) is 17.8 Å². The van der Waals surface area contributed by atoms with Crippen molar-refractivity contribution in [3.63, 3.8) is 0 Å². The van der Waals surface area contributed by atoms with Gasteiger partial charge in [0.05, 0.1) is 30.8 Å². The van der Waals surface area contributed by atoms with Crippen LogP contribution < -0.4 is 10.4 Å². The summed E-state index contributed by atoms with van der Waals surface area (Å²) in [7, 11) is -1.22. The summed E-state index contributed by atoms with van der Waals surface area (Å²) in [5.74, 6) is -0.737. The summed E-state index contributed by atoms with van der Waals surface area (Å²) in [4.78, 5) is 14.0. The summed E-state index contributed by atoms with van der Waals surface area (Å²) in [6, 6.07) is 21.3. The minimum Gasteiger partial charge on any atom is -0.460 e. The van der Waals surface area contributed by atoms with Crippen molar-refractivity contribution in [2.45, 2.75) is 136 Å². The highest BCUT2D eigenvalue weighted by Crippen LogP contribution is 2.38. The van der Waals surface area contributed by atoms with E-state index in [1.807, 2.05) is 20.8 Å². The topological polar surface area (TPSA) is 72.5 Å². The smallest absolute Gasteiger partial charge is 0.311 e. The molecule has 2 aromatic carbocycles. The van der Waals surface area contributed by atoms with Crippen LogP contribution in [0, 0.1) is 17.8 Å². The Morgan fingerprint density at radius 2 is 1.42 bits per heavy atom. The average Bonchev–Trinajstić information content (AvgIpc) is 3.38. The first-order chi connectivity index (χ1) is 23.8. The number of carbonyl (C=O) groups is 1. The monoisotopic (exact) mass is 708 g/mol. The van der Waals surface area contributed by atoms with Crippen LogP contribution in [0.1, 0.15) is 100 Å². The van der Waals surface area contributed by atoms with E-state index in [0.29, 0.717) is 25.4 Å². The number of methoxy groups -OCH3 is 1. The maximum atomic E-state index is 14.0. The minimum atomic E-state index is -2.83. The van der Waals surface area contributed by atoms with Gasteiger partial charge in [0.15, 0.2) is 5.79 Å². The van der Waals surface area contributed by atoms with Gasteiger partial charge in [-0.15, -0.1) is 0 Å². The Bertz CT molecular complexity index is 1290. The standard InChI is InChI=1S/C42H64O7Si/c1-31-19-13-10-18-24-37-38(49-42(7,8)48-37)26-25-32(2)28-39(45-30-44-9)33(3)40(43)47-34(27-31)29-46-50(41(4,5)6,35-20-14-11-15-21-35)36-22-16-12-17-23-36/h10-17,20-23,31-34,37-39H,18-19,24-30H2,1-9H3/b13-10+/t31-,32+,33-,34+,37+,38+,39-/m1/s1. The molecule has 2 aliphatic heterocycles. The highest BCUT2D eigenvalue weighted by Gasteiger charge is 2.50. The molecule has 0 spiro atoms. The first-order valence-electron chi connectivity index (χ1n) is 18.8. The normalized spacial score (nSPS) is 29.7. The number of hydrogen-bond donors (Lipinski definition) is 0. The second-order valence-corrected chi connectivity index (χ2v) is 20.5. The molecule has 1 saturated heterocycles. The second kappa shape index (κ2) is 18.4. The number of fused-ring (bicyclic) bond motifs is 1. The average molecular weight is 709 g/mol. The Labute approximate surface area is 303 Å². The summed E-state index contributed by atoms with van der Waals surface area (Å²) in [5.41, 5.74) is 0. The van der Waals surface area contributed by atoms with Crippen LogP contribution in [0.2, 0.25) is 5.04 Å². The third-order valence-electron chi connectivity index (χ3n) is 10.4. The van der Waals surface area contributed by atoms with Gasteiger partial charge in [-0.25, -0.2) is 0 Å². The quantitative estimate of drug-likeness (QED) is 0.119. The van der Waals surface area contributed by atoms with Crippen molar-refractivity contribution in [3.05, 3.63) is 72.8 Å². The van der Waals surface area contributed by atoms with Crippen LogP contribution >= 0.6 is 0 Å². The van der Waals surface area contributed by atoms with Gasteiger partial charge in [0, 0.05) is 7.11 Å². The van der Waals surface area contributed by atoms with Gasteiger partial charge in [0.25, 0.3) is 8.32 Å². The van der Waals surface area contributed by atoms with Gasteiger partial charge in [-0.2, -0.15) is 0 Å². The molecule has 0 unspecified atom stereocenters. The lowest BCUT2D eigenvalue weighted by molar-refractivity contribution is -0.166. The fourth-order valence-corrected chi connectivity index (χ4v) is 12.3. The molecule has 0 saturated carbocycles. The predicted molar refractivity (Wildman–Crippen MR) is 203 cm³/mol. The highest BCUT2D eigenvalue weighted by molar-refractivity contribution is 6.99. The number of rotatable bonds is 8. The number of ether oxygens (including phenoxy) is 5. The van der Waals surface area contributed by atoms with Crippen LogP contribution in [-0.2, 0) is 32.9 Å². The zero-order valence-electron chi connectivity index (χ0n) is 32.2. The molecular weight excluding hydrogens is 645 g/mol. The van der Waals surface area contributed by atoms with E-state index < -0.39 is 26.1 Å². The van der Waals surface area contributed by atoms with Crippen LogP contribution in [0.3, 0.4) is 0 Å². The molecule has 0 aromatic heterocycles. The third kappa shape index (κ3) is 10.8. The summed E-state index contributed by atoms with van der Waals surface area (Å²) >= 11 is 0. The van der Waals surface area contributed by atoms with Gasteiger partial charge in [-0.1, -0.05) is 107 Å². The lowest BCUT2D eigenvalue weighted by Gasteiger charge is -2.43. The number of hydrogen-bond acceptors (Lipinski definition) is 7. The lowest BCUT2D eigenvalue weighted by atomic mass is 9.90. The van der Waals surface area contributed by atoms with E-state index in [9.17, 15) is 4.79 Å². The first-order valence-corrected chi connectivity index (χ1v) is 20.7. The van der Waals surface area contributed by atoms with Crippen molar-refractivity contribution in [1.29, 1.82) is 0 Å². The zero-order valence-corrected chi connectivity index (χ0v) is 33.2. The van der Waals surface area contributed by atoms with E-state index in [-0.39, 0.29) is 42.0 Å². The minimum absolute atomic E-state index is 0.0516. The fraction of sp³-hybridized carbons (Fsp3) is 0.643. The van der Waals surface area contributed by atoms with Crippen molar-refractivity contribution in [1.82, 2.24) is 0 Å². The van der Waals surface area contributed by atoms with Crippen LogP contribution in [0.15, 0.2) is 72.8 Å². The third-order valence-corrected chi connectivity index (χ3v) is 15.4. The van der Waals surface area contributed by atoms with E-state index in [2.05, 4.69) is 107 Å². The molecule has 0 aliphatic carbocycles. The second-order valence-electron chi connectivity index (χ2n) is 16.2. The number of carbonyl (C=O) groups excluding carboxylic acids is 1. The Kier molecular flexibility index (Phi) is 14.9. The molecule has 1 fully saturated rings. The van der Waals surface area contributed by atoms with Crippen molar-refractivity contribution < 1.29 is 32.9 Å². The molecule has 50 heavy (non-hydrogen) atoms. The summed E-state index contributed by atoms with van der Waals surface area (Å²) < 4.78 is 37.9. The van der Waals surface area contributed by atoms with Crippen LogP contribution in [-0.4, -0.2) is 65.0 Å². The largest absolute Gasteiger partial charge is 0.460 e. The molecule has 7 nitrogen and oxygen atoms in total. The molecule has 2 aromatic rings. The summed E-state index contributed by atoms with van der Waals surface area (Å²) in [6.45, 7) is 17.6. The molecule has 0 amide bonds. The van der Waals surface area contributed by atoms with Crippen LogP contribution in [0.4, 0.5) is 0 Å². The van der Waals surface area contributed by atoms with Crippen LogP contribution in [0.5, 0.6) is 0 Å². The lowest BCUT2D eigenvalue weighted by Crippen LogP contribution is -2.67. The van der Waals surface area contributed by atoms with E-state index >= 15 is 0 Å². The molecule has 8 heteroatoms. The fourth-order valence-electron chi connectivity index (χ4n) is 7.74. The summed E-state index contributed by atoms with van der Waals surface area (Å²) in [6.07, 6.45) is 9.89. The van der Waals surface area contributed by atoms with E-state index in [4.69, 9.17) is 28.1 Å².